The van der Waals surface area contributed by atoms with E-state index in [4.69, 9.17) is 4.74 Å². The number of carbonyl (C=O) groups is 2. The van der Waals surface area contributed by atoms with Crippen LogP contribution in [-0.2, 0) is 14.3 Å². The van der Waals surface area contributed by atoms with E-state index in [0.717, 1.165) is 18.6 Å². The van der Waals surface area contributed by atoms with Crippen LogP contribution in [0.25, 0.3) is 0 Å². The molecule has 6 heteroatoms. The molecule has 136 valence electrons. The first-order chi connectivity index (χ1) is 11.2. The van der Waals surface area contributed by atoms with Crippen molar-refractivity contribution in [3.8, 4) is 0 Å². The van der Waals surface area contributed by atoms with Crippen LogP contribution in [-0.4, -0.2) is 43.8 Å². The van der Waals surface area contributed by atoms with Crippen molar-refractivity contribution in [2.24, 2.45) is 0 Å². The van der Waals surface area contributed by atoms with Gasteiger partial charge in [0.2, 0.25) is 0 Å². The molecule has 0 saturated heterocycles. The highest BCUT2D eigenvalue weighted by atomic mass is 32.2. The number of unbranched alkanes of at least 4 members (excludes halogenated alkanes) is 7. The third-order valence-electron chi connectivity index (χ3n) is 3.61. The third-order valence-corrected chi connectivity index (χ3v) is 4.26. The van der Waals surface area contributed by atoms with Crippen molar-refractivity contribution in [1.82, 2.24) is 5.32 Å². The van der Waals surface area contributed by atoms with Gasteiger partial charge in [-0.2, -0.15) is 11.8 Å². The fourth-order valence-electron chi connectivity index (χ4n) is 2.20. The van der Waals surface area contributed by atoms with E-state index < -0.39 is 12.1 Å². The second kappa shape index (κ2) is 16.0. The van der Waals surface area contributed by atoms with E-state index in [-0.39, 0.29) is 5.97 Å². The summed E-state index contributed by atoms with van der Waals surface area (Å²) in [6.45, 7) is 2.64. The lowest BCUT2D eigenvalue weighted by molar-refractivity contribution is -0.146. The molecule has 0 aromatic carbocycles. The van der Waals surface area contributed by atoms with Crippen molar-refractivity contribution in [2.75, 3.05) is 25.7 Å². The van der Waals surface area contributed by atoms with Gasteiger partial charge in [0.15, 0.2) is 0 Å². The Hall–Kier alpha value is -0.910. The Balaban J connectivity index is 3.78. The van der Waals surface area contributed by atoms with E-state index in [9.17, 15) is 9.59 Å². The van der Waals surface area contributed by atoms with Crippen molar-refractivity contribution < 1.29 is 19.1 Å². The standard InChI is InChI=1S/C17H33NO4S/c1-4-5-6-7-8-9-10-11-13-22-16(19)15(12-14-23-3)18-17(20)21-2/h15H,4-14H2,1-3H3,(H,18,20). The summed E-state index contributed by atoms with van der Waals surface area (Å²) in [6, 6.07) is -0.621. The minimum absolute atomic E-state index is 0.368. The zero-order valence-electron chi connectivity index (χ0n) is 14.9. The molecule has 1 atom stereocenters. The molecule has 0 rings (SSSR count). The van der Waals surface area contributed by atoms with Crippen molar-refractivity contribution in [1.29, 1.82) is 0 Å². The lowest BCUT2D eigenvalue weighted by Crippen LogP contribution is -2.42. The Morgan fingerprint density at radius 3 is 2.22 bits per heavy atom. The van der Waals surface area contributed by atoms with E-state index in [1.165, 1.54) is 45.6 Å². The van der Waals surface area contributed by atoms with Crippen LogP contribution in [0, 0.1) is 0 Å². The Labute approximate surface area is 145 Å². The monoisotopic (exact) mass is 347 g/mol. The molecule has 1 amide bonds. The summed E-state index contributed by atoms with van der Waals surface area (Å²) in [4.78, 5) is 23.3. The molecule has 1 N–H and O–H groups in total. The molecular formula is C17H33NO4S. The molecule has 0 fully saturated rings. The minimum atomic E-state index is -0.621. The number of ether oxygens (including phenoxy) is 2. The number of alkyl carbamates (subject to hydrolysis) is 1. The number of carbonyl (C=O) groups excluding carboxylic acids is 2. The molecular weight excluding hydrogens is 314 g/mol. The normalized spacial score (nSPS) is 11.8. The molecule has 0 aromatic rings. The van der Waals surface area contributed by atoms with Gasteiger partial charge in [0.1, 0.15) is 6.04 Å². The average Bonchev–Trinajstić information content (AvgIpc) is 2.56. The van der Waals surface area contributed by atoms with Gasteiger partial charge in [0.25, 0.3) is 0 Å². The molecule has 0 radical (unpaired) electrons. The van der Waals surface area contributed by atoms with Gasteiger partial charge >= 0.3 is 12.1 Å². The number of methoxy groups -OCH3 is 1. The van der Waals surface area contributed by atoms with Crippen LogP contribution in [0.5, 0.6) is 0 Å². The minimum Gasteiger partial charge on any atom is -0.464 e. The Morgan fingerprint density at radius 2 is 1.65 bits per heavy atom. The molecule has 23 heavy (non-hydrogen) atoms. The van der Waals surface area contributed by atoms with Crippen molar-refractivity contribution in [3.05, 3.63) is 0 Å². The van der Waals surface area contributed by atoms with E-state index in [1.807, 2.05) is 6.26 Å². The topological polar surface area (TPSA) is 64.6 Å². The summed E-state index contributed by atoms with van der Waals surface area (Å²) >= 11 is 1.63. The third kappa shape index (κ3) is 13.2. The number of hydrogen-bond donors (Lipinski definition) is 1. The number of rotatable bonds is 14. The second-order valence-electron chi connectivity index (χ2n) is 5.61. The van der Waals surface area contributed by atoms with E-state index in [2.05, 4.69) is 17.0 Å². The predicted octanol–water partition coefficient (Wildman–Crippen LogP) is 4.15. The molecule has 0 aliphatic carbocycles. The summed E-state index contributed by atoms with van der Waals surface area (Å²) in [5.74, 6) is 0.411. The highest BCUT2D eigenvalue weighted by molar-refractivity contribution is 7.98. The summed E-state index contributed by atoms with van der Waals surface area (Å²) in [5, 5.41) is 2.53. The van der Waals surface area contributed by atoms with Gasteiger partial charge in [0.05, 0.1) is 13.7 Å². The van der Waals surface area contributed by atoms with Gasteiger partial charge in [-0.15, -0.1) is 0 Å². The quantitative estimate of drug-likeness (QED) is 0.378. The zero-order valence-corrected chi connectivity index (χ0v) is 15.7. The zero-order chi connectivity index (χ0) is 17.3. The van der Waals surface area contributed by atoms with E-state index >= 15 is 0 Å². The van der Waals surface area contributed by atoms with Crippen LogP contribution in [0.3, 0.4) is 0 Å². The first kappa shape index (κ1) is 22.1. The summed E-state index contributed by atoms with van der Waals surface area (Å²) in [5.41, 5.74) is 0. The van der Waals surface area contributed by atoms with E-state index in [1.54, 1.807) is 11.8 Å². The second-order valence-corrected chi connectivity index (χ2v) is 6.60. The van der Waals surface area contributed by atoms with Gasteiger partial charge < -0.3 is 14.8 Å². The molecule has 0 aliphatic rings. The fraction of sp³-hybridized carbons (Fsp3) is 0.882. The molecule has 0 saturated carbocycles. The molecule has 5 nitrogen and oxygen atoms in total. The molecule has 0 spiro atoms. The first-order valence-electron chi connectivity index (χ1n) is 8.65. The van der Waals surface area contributed by atoms with Gasteiger partial charge in [-0.1, -0.05) is 51.9 Å². The maximum atomic E-state index is 12.0. The van der Waals surface area contributed by atoms with Gasteiger partial charge in [-0.05, 0) is 24.9 Å². The number of thioether (sulfide) groups is 1. The highest BCUT2D eigenvalue weighted by Gasteiger charge is 2.21. The fourth-order valence-corrected chi connectivity index (χ4v) is 2.67. The van der Waals surface area contributed by atoms with Crippen molar-refractivity contribution in [3.63, 3.8) is 0 Å². The lowest BCUT2D eigenvalue weighted by Gasteiger charge is -2.16. The van der Waals surface area contributed by atoms with Crippen molar-refractivity contribution >= 4 is 23.8 Å². The Bertz CT molecular complexity index is 313. The SMILES string of the molecule is CCCCCCCCCCOC(=O)C(CCSC)NC(=O)OC. The number of amides is 1. The molecule has 0 aliphatic heterocycles. The average molecular weight is 348 g/mol. The van der Waals surface area contributed by atoms with Crippen molar-refractivity contribution in [2.45, 2.75) is 70.8 Å². The number of esters is 1. The van der Waals surface area contributed by atoms with Crippen LogP contribution < -0.4 is 5.32 Å². The molecule has 0 aromatic heterocycles. The highest BCUT2D eigenvalue weighted by Crippen LogP contribution is 2.09. The van der Waals surface area contributed by atoms with Gasteiger partial charge in [-0.25, -0.2) is 9.59 Å². The summed E-state index contributed by atoms with van der Waals surface area (Å²) in [7, 11) is 1.28. The molecule has 1 unspecified atom stereocenters. The number of hydrogen-bond acceptors (Lipinski definition) is 5. The first-order valence-corrected chi connectivity index (χ1v) is 10.0. The predicted molar refractivity (Wildman–Crippen MR) is 95.9 cm³/mol. The van der Waals surface area contributed by atoms with Crippen LogP contribution in [0.2, 0.25) is 0 Å². The van der Waals surface area contributed by atoms with E-state index in [0.29, 0.717) is 13.0 Å². The summed E-state index contributed by atoms with van der Waals surface area (Å²) in [6.07, 6.45) is 11.5. The maximum Gasteiger partial charge on any atom is 0.407 e. The number of nitrogens with one attached hydrogen (secondary N) is 1. The lowest BCUT2D eigenvalue weighted by atomic mass is 10.1. The summed E-state index contributed by atoms with van der Waals surface area (Å²) < 4.78 is 9.82. The molecule has 0 bridgehead atoms. The van der Waals surface area contributed by atoms with Crippen LogP contribution in [0.15, 0.2) is 0 Å². The van der Waals surface area contributed by atoms with Gasteiger partial charge in [0, 0.05) is 0 Å². The smallest absolute Gasteiger partial charge is 0.407 e. The van der Waals surface area contributed by atoms with Crippen LogP contribution in [0.4, 0.5) is 4.79 Å². The Morgan fingerprint density at radius 1 is 1.04 bits per heavy atom. The van der Waals surface area contributed by atoms with Crippen LogP contribution in [0.1, 0.15) is 64.7 Å². The maximum absolute atomic E-state index is 12.0. The van der Waals surface area contributed by atoms with Gasteiger partial charge in [-0.3, -0.25) is 0 Å². The Kier molecular flexibility index (Phi) is 15.3. The largest absolute Gasteiger partial charge is 0.464 e. The van der Waals surface area contributed by atoms with Crippen LogP contribution >= 0.6 is 11.8 Å². The molecule has 0 heterocycles.